The number of carbonyl (C=O) groups excluding carboxylic acids is 4. The van der Waals surface area contributed by atoms with Gasteiger partial charge in [-0.1, -0.05) is 38.1 Å². The van der Waals surface area contributed by atoms with Gasteiger partial charge >= 0.3 is 5.97 Å². The summed E-state index contributed by atoms with van der Waals surface area (Å²) in [6.07, 6.45) is 2.85. The highest BCUT2D eigenvalue weighted by atomic mass is 16.6. The lowest BCUT2D eigenvalue weighted by molar-refractivity contribution is -0.140. The summed E-state index contributed by atoms with van der Waals surface area (Å²) in [5.41, 5.74) is 0.798. The maximum Gasteiger partial charge on any atom is 0.335 e. The minimum absolute atomic E-state index is 0.0523. The van der Waals surface area contributed by atoms with Crippen LogP contribution in [0.1, 0.15) is 40.1 Å². The van der Waals surface area contributed by atoms with Crippen LogP contribution in [-0.2, 0) is 9.59 Å². The number of methoxy groups -OCH3 is 1. The predicted molar refractivity (Wildman–Crippen MR) is 131 cm³/mol. The highest BCUT2D eigenvalue weighted by Gasteiger charge is 2.45. The first kappa shape index (κ1) is 25.9. The Hall–Kier alpha value is -4.71. The van der Waals surface area contributed by atoms with Crippen LogP contribution < -0.4 is 14.8 Å². The summed E-state index contributed by atoms with van der Waals surface area (Å²) in [7, 11) is 1.37. The smallest absolute Gasteiger partial charge is 0.335 e. The minimum Gasteiger partial charge on any atom is -0.493 e. The zero-order valence-corrected chi connectivity index (χ0v) is 20.1. The van der Waals surface area contributed by atoms with Crippen molar-refractivity contribution in [3.05, 3.63) is 77.4 Å². The van der Waals surface area contributed by atoms with Gasteiger partial charge in [0.25, 0.3) is 17.7 Å². The topological polar surface area (TPSA) is 126 Å². The fourth-order valence-corrected chi connectivity index (χ4v) is 3.74. The SMILES string of the molecule is C=CCNC(=O)C(C#N)=Cc1ccc(OC(=O)C(C(C)C)N2C(=O)c3ccccc3C2=O)c(OC)c1. The molecule has 0 saturated carbocycles. The highest BCUT2D eigenvalue weighted by Crippen LogP contribution is 2.32. The Morgan fingerprint density at radius 1 is 1.11 bits per heavy atom. The fraction of sp³-hybridized carbons (Fsp3) is 0.222. The standard InChI is InChI=1S/C27H25N3O6/c1-5-12-29-24(31)18(15-28)13-17-10-11-21(22(14-17)35-4)36-27(34)23(16(2)3)30-25(32)19-8-6-7-9-20(19)26(30)33/h5-11,13-14,16,23H,1,12H2,2-4H3,(H,29,31). The molecule has 1 unspecified atom stereocenters. The van der Waals surface area contributed by atoms with Gasteiger partial charge in [-0.05, 0) is 41.8 Å². The normalized spacial score (nSPS) is 13.6. The van der Waals surface area contributed by atoms with Crippen LogP contribution >= 0.6 is 0 Å². The molecule has 9 heteroatoms. The number of ether oxygens (including phenoxy) is 2. The lowest BCUT2D eigenvalue weighted by atomic mass is 10.0. The monoisotopic (exact) mass is 487 g/mol. The average molecular weight is 488 g/mol. The molecular weight excluding hydrogens is 462 g/mol. The number of nitrogens with zero attached hydrogens (tertiary/aromatic N) is 2. The maximum atomic E-state index is 13.2. The summed E-state index contributed by atoms with van der Waals surface area (Å²) >= 11 is 0. The molecule has 0 bridgehead atoms. The van der Waals surface area contributed by atoms with E-state index in [9.17, 15) is 24.4 Å². The number of hydrogen-bond donors (Lipinski definition) is 1. The zero-order chi connectivity index (χ0) is 26.4. The minimum atomic E-state index is -1.17. The van der Waals surface area contributed by atoms with E-state index in [2.05, 4.69) is 11.9 Å². The second-order valence-corrected chi connectivity index (χ2v) is 8.21. The number of hydrogen-bond acceptors (Lipinski definition) is 7. The van der Waals surface area contributed by atoms with Crippen molar-refractivity contribution in [1.29, 1.82) is 5.26 Å². The van der Waals surface area contributed by atoms with Gasteiger partial charge < -0.3 is 14.8 Å². The molecule has 36 heavy (non-hydrogen) atoms. The van der Waals surface area contributed by atoms with Crippen LogP contribution in [0, 0.1) is 17.2 Å². The molecule has 2 aromatic carbocycles. The zero-order valence-electron chi connectivity index (χ0n) is 20.1. The van der Waals surface area contributed by atoms with Crippen molar-refractivity contribution in [2.75, 3.05) is 13.7 Å². The van der Waals surface area contributed by atoms with Crippen LogP contribution in [0.4, 0.5) is 0 Å². The first-order valence-corrected chi connectivity index (χ1v) is 11.1. The summed E-state index contributed by atoms with van der Waals surface area (Å²) in [4.78, 5) is 52.1. The first-order valence-electron chi connectivity index (χ1n) is 11.1. The van der Waals surface area contributed by atoms with Crippen molar-refractivity contribution in [1.82, 2.24) is 10.2 Å². The Bertz CT molecular complexity index is 1270. The van der Waals surface area contributed by atoms with Crippen LogP contribution in [0.25, 0.3) is 6.08 Å². The molecule has 1 aliphatic heterocycles. The number of nitrogens with one attached hydrogen (secondary N) is 1. The van der Waals surface area contributed by atoms with E-state index in [-0.39, 0.29) is 34.7 Å². The number of fused-ring (bicyclic) bond motifs is 1. The number of imide groups is 1. The molecular formula is C27H25N3O6. The van der Waals surface area contributed by atoms with Crippen LogP contribution in [-0.4, -0.2) is 48.3 Å². The Labute approximate surface area is 208 Å². The molecule has 1 heterocycles. The molecule has 0 radical (unpaired) electrons. The molecule has 0 aromatic heterocycles. The third-order valence-electron chi connectivity index (χ3n) is 5.46. The van der Waals surface area contributed by atoms with E-state index in [1.807, 2.05) is 6.07 Å². The van der Waals surface area contributed by atoms with Crippen molar-refractivity contribution in [2.24, 2.45) is 5.92 Å². The van der Waals surface area contributed by atoms with E-state index in [4.69, 9.17) is 9.47 Å². The van der Waals surface area contributed by atoms with Crippen molar-refractivity contribution in [2.45, 2.75) is 19.9 Å². The largest absolute Gasteiger partial charge is 0.493 e. The van der Waals surface area contributed by atoms with Crippen LogP contribution in [0.5, 0.6) is 11.5 Å². The van der Waals surface area contributed by atoms with Crippen LogP contribution in [0.15, 0.2) is 60.7 Å². The average Bonchev–Trinajstić information content (AvgIpc) is 3.11. The van der Waals surface area contributed by atoms with E-state index in [0.29, 0.717) is 5.56 Å². The summed E-state index contributed by atoms with van der Waals surface area (Å²) in [5.74, 6) is -2.70. The van der Waals surface area contributed by atoms with Gasteiger partial charge in [-0.25, -0.2) is 4.79 Å². The molecule has 3 rings (SSSR count). The van der Waals surface area contributed by atoms with E-state index < -0.39 is 35.7 Å². The first-order chi connectivity index (χ1) is 17.2. The van der Waals surface area contributed by atoms with Crippen molar-refractivity contribution < 1.29 is 28.7 Å². The number of rotatable bonds is 9. The van der Waals surface area contributed by atoms with Crippen molar-refractivity contribution in [3.8, 4) is 17.6 Å². The van der Waals surface area contributed by atoms with Gasteiger partial charge in [-0.3, -0.25) is 19.3 Å². The quantitative estimate of drug-likeness (QED) is 0.144. The van der Waals surface area contributed by atoms with Gasteiger partial charge in [-0.2, -0.15) is 5.26 Å². The second kappa shape index (κ2) is 11.1. The Kier molecular flexibility index (Phi) is 8.02. The van der Waals surface area contributed by atoms with E-state index in [1.54, 1.807) is 38.1 Å². The lowest BCUT2D eigenvalue weighted by Gasteiger charge is -2.27. The lowest BCUT2D eigenvalue weighted by Crippen LogP contribution is -2.49. The molecule has 3 amide bonds. The maximum absolute atomic E-state index is 13.2. The van der Waals surface area contributed by atoms with Gasteiger partial charge in [0, 0.05) is 6.54 Å². The molecule has 1 N–H and O–H groups in total. The highest BCUT2D eigenvalue weighted by molar-refractivity contribution is 6.22. The van der Waals surface area contributed by atoms with Crippen molar-refractivity contribution >= 4 is 29.8 Å². The second-order valence-electron chi connectivity index (χ2n) is 8.21. The van der Waals surface area contributed by atoms with E-state index in [1.165, 1.54) is 37.5 Å². The molecule has 184 valence electrons. The van der Waals surface area contributed by atoms with E-state index >= 15 is 0 Å². The number of amides is 3. The number of nitriles is 1. The van der Waals surface area contributed by atoms with E-state index in [0.717, 1.165) is 4.90 Å². The molecule has 0 saturated heterocycles. The number of esters is 1. The number of benzene rings is 2. The molecule has 1 aliphatic rings. The van der Waals surface area contributed by atoms with Gasteiger partial charge in [0.1, 0.15) is 17.7 Å². The summed E-state index contributed by atoms with van der Waals surface area (Å²) < 4.78 is 10.9. The van der Waals surface area contributed by atoms with Gasteiger partial charge in [0.15, 0.2) is 11.5 Å². The third-order valence-corrected chi connectivity index (χ3v) is 5.46. The summed E-state index contributed by atoms with van der Waals surface area (Å²) in [6, 6.07) is 11.5. The summed E-state index contributed by atoms with van der Waals surface area (Å²) in [6.45, 7) is 7.14. The summed E-state index contributed by atoms with van der Waals surface area (Å²) in [5, 5.41) is 11.8. The molecule has 0 aliphatic carbocycles. The van der Waals surface area contributed by atoms with Gasteiger partial charge in [0.2, 0.25) is 0 Å². The van der Waals surface area contributed by atoms with Gasteiger partial charge in [-0.15, -0.1) is 6.58 Å². The Morgan fingerprint density at radius 3 is 2.28 bits per heavy atom. The Morgan fingerprint density at radius 2 is 1.75 bits per heavy atom. The fourth-order valence-electron chi connectivity index (χ4n) is 3.74. The molecule has 2 aromatic rings. The molecule has 9 nitrogen and oxygen atoms in total. The third kappa shape index (κ3) is 5.18. The number of carbonyl (C=O) groups is 4. The predicted octanol–water partition coefficient (Wildman–Crippen LogP) is 3.13. The van der Waals surface area contributed by atoms with Crippen LogP contribution in [0.3, 0.4) is 0 Å². The Balaban J connectivity index is 1.86. The molecule has 0 spiro atoms. The molecule has 1 atom stereocenters. The van der Waals surface area contributed by atoms with Crippen molar-refractivity contribution in [3.63, 3.8) is 0 Å². The molecule has 0 fully saturated rings. The van der Waals surface area contributed by atoms with Gasteiger partial charge in [0.05, 0.1) is 18.2 Å². The van der Waals surface area contributed by atoms with Crippen LogP contribution in [0.2, 0.25) is 0 Å².